The third kappa shape index (κ3) is 23.8. The van der Waals surface area contributed by atoms with Crippen molar-refractivity contribution in [1.82, 2.24) is 42.5 Å². The van der Waals surface area contributed by atoms with Gasteiger partial charge < -0.3 is 79.5 Å². The number of primary amides is 1. The van der Waals surface area contributed by atoms with Crippen LogP contribution in [-0.4, -0.2) is 157 Å². The van der Waals surface area contributed by atoms with Crippen molar-refractivity contribution in [3.8, 4) is 5.75 Å². The minimum absolute atomic E-state index is 0.0819. The van der Waals surface area contributed by atoms with Crippen LogP contribution < -0.4 is 54.0 Å². The van der Waals surface area contributed by atoms with Gasteiger partial charge in [0.25, 0.3) is 0 Å². The van der Waals surface area contributed by atoms with E-state index in [9.17, 15) is 83.1 Å². The standard InChI is InChI=1S/C53H78N10O17/c1-8-28(6)44(63-49(75)37(25-41(69)70)60-51(77)43(27(4)5)62-48(74)35(22-26(2)3)58-50(76)42(55)29(7)64)52(78)59-36(23-30-12-10-9-11-13-30)47(73)57-33(18-20-39(54)66)45(71)56-34(19-21-40(67)68)46(72)61-38(53(79)80)24-31-14-16-32(65)17-15-31/h9-17,26-29,33-38,42-44,64-65H,8,18-25,55H2,1-7H3,(H2,54,66)(H,56,71)(H,57,73)(H,58,76)(H,59,78)(H,60,77)(H,61,72)(H,62,74)(H,63,75)(H,67,68)(H,69,70)(H,79,80)/t28-,29+,33-,34-,35-,36-,37-,38-,42-,43-,44-/m0/s1. The monoisotopic (exact) mass is 1130 g/mol. The number of benzene rings is 2. The molecular weight excluding hydrogens is 1050 g/mol. The van der Waals surface area contributed by atoms with Gasteiger partial charge in [-0.25, -0.2) is 4.79 Å². The highest BCUT2D eigenvalue weighted by molar-refractivity contribution is 5.99. The number of hydrogen-bond acceptors (Lipinski definition) is 15. The van der Waals surface area contributed by atoms with Crippen LogP contribution in [0.5, 0.6) is 5.75 Å². The molecule has 0 aromatic heterocycles. The van der Waals surface area contributed by atoms with Crippen LogP contribution in [-0.2, 0) is 70.4 Å². The number of phenolic OH excluding ortho intramolecular Hbond substituents is 1. The maximum absolute atomic E-state index is 14.4. The highest BCUT2D eigenvalue weighted by Crippen LogP contribution is 2.15. The van der Waals surface area contributed by atoms with Gasteiger partial charge in [-0.05, 0) is 67.2 Å². The van der Waals surface area contributed by atoms with Gasteiger partial charge in [0.05, 0.1) is 12.5 Å². The number of hydrogen-bond donors (Lipinski definition) is 15. The van der Waals surface area contributed by atoms with Gasteiger partial charge in [-0.3, -0.25) is 52.7 Å². The number of aliphatic carboxylic acids is 3. The summed E-state index contributed by atoms with van der Waals surface area (Å²) in [6.45, 7) is 11.1. The molecule has 2 rings (SSSR count). The number of nitrogens with two attached hydrogens (primary N) is 2. The number of carboxylic acids is 3. The minimum atomic E-state index is -1.86. The first-order chi connectivity index (χ1) is 37.4. The summed E-state index contributed by atoms with van der Waals surface area (Å²) in [7, 11) is 0. The van der Waals surface area contributed by atoms with Crippen molar-refractivity contribution in [3.05, 3.63) is 65.7 Å². The van der Waals surface area contributed by atoms with Gasteiger partial charge in [0.15, 0.2) is 0 Å². The lowest BCUT2D eigenvalue weighted by molar-refractivity contribution is -0.143. The summed E-state index contributed by atoms with van der Waals surface area (Å²) in [6.07, 6.45) is -4.83. The zero-order valence-corrected chi connectivity index (χ0v) is 45.9. The molecule has 0 radical (unpaired) electrons. The van der Waals surface area contributed by atoms with Crippen molar-refractivity contribution in [3.63, 3.8) is 0 Å². The summed E-state index contributed by atoms with van der Waals surface area (Å²) in [5.74, 6) is -15.2. The van der Waals surface area contributed by atoms with E-state index >= 15 is 0 Å². The third-order valence-electron chi connectivity index (χ3n) is 12.7. The molecule has 0 aliphatic carbocycles. The van der Waals surface area contributed by atoms with Gasteiger partial charge in [-0.15, -0.1) is 0 Å². The number of amides is 9. The van der Waals surface area contributed by atoms with Crippen molar-refractivity contribution in [1.29, 1.82) is 0 Å². The van der Waals surface area contributed by atoms with Gasteiger partial charge in [-0.1, -0.05) is 90.4 Å². The lowest BCUT2D eigenvalue weighted by Gasteiger charge is -2.30. The summed E-state index contributed by atoms with van der Waals surface area (Å²) in [5, 5.41) is 68.3. The molecule has 0 saturated carbocycles. The summed E-state index contributed by atoms with van der Waals surface area (Å²) in [6, 6.07) is -0.515. The second kappa shape index (κ2) is 33.3. The van der Waals surface area contributed by atoms with Crippen LogP contribution in [0.25, 0.3) is 0 Å². The van der Waals surface area contributed by atoms with Crippen LogP contribution in [0.2, 0.25) is 0 Å². The van der Waals surface area contributed by atoms with E-state index in [1.807, 2.05) is 0 Å². The van der Waals surface area contributed by atoms with Gasteiger partial charge in [-0.2, -0.15) is 0 Å². The average molecular weight is 1130 g/mol. The molecular formula is C53H78N10O17. The molecule has 0 heterocycles. The number of aliphatic hydroxyl groups excluding tert-OH is 1. The van der Waals surface area contributed by atoms with Crippen LogP contribution in [0, 0.1) is 17.8 Å². The molecule has 27 heteroatoms. The molecule has 0 aliphatic heterocycles. The highest BCUT2D eigenvalue weighted by atomic mass is 16.4. The Morgan fingerprint density at radius 3 is 1.43 bits per heavy atom. The summed E-state index contributed by atoms with van der Waals surface area (Å²) in [5.41, 5.74) is 12.0. The topological polar surface area (TPSA) is 454 Å². The number of nitrogens with one attached hydrogen (secondary N) is 8. The molecule has 0 unspecified atom stereocenters. The molecule has 9 amide bonds. The maximum atomic E-state index is 14.4. The third-order valence-corrected chi connectivity index (χ3v) is 12.7. The molecule has 80 heavy (non-hydrogen) atoms. The quantitative estimate of drug-likeness (QED) is 0.0362. The Hall–Kier alpha value is -8.20. The summed E-state index contributed by atoms with van der Waals surface area (Å²) >= 11 is 0. The van der Waals surface area contributed by atoms with E-state index < -0.39 is 175 Å². The van der Waals surface area contributed by atoms with E-state index in [1.165, 1.54) is 31.2 Å². The van der Waals surface area contributed by atoms with Gasteiger partial charge in [0.1, 0.15) is 60.1 Å². The number of aromatic hydroxyl groups is 1. The van der Waals surface area contributed by atoms with Gasteiger partial charge >= 0.3 is 17.9 Å². The normalized spacial score (nSPS) is 15.3. The Kier molecular flexibility index (Phi) is 28.3. The molecule has 2 aromatic carbocycles. The highest BCUT2D eigenvalue weighted by Gasteiger charge is 2.38. The van der Waals surface area contributed by atoms with Crippen LogP contribution in [0.15, 0.2) is 54.6 Å². The van der Waals surface area contributed by atoms with Crippen molar-refractivity contribution in [2.45, 2.75) is 167 Å². The van der Waals surface area contributed by atoms with Crippen LogP contribution in [0.4, 0.5) is 0 Å². The molecule has 0 bridgehead atoms. The largest absolute Gasteiger partial charge is 0.508 e. The Morgan fingerprint density at radius 1 is 0.500 bits per heavy atom. The number of aliphatic hydroxyl groups is 1. The molecule has 2 aromatic rings. The zero-order chi connectivity index (χ0) is 60.6. The summed E-state index contributed by atoms with van der Waals surface area (Å²) in [4.78, 5) is 159. The lowest BCUT2D eigenvalue weighted by Crippen LogP contribution is -2.62. The van der Waals surface area contributed by atoms with E-state index in [4.69, 9.17) is 11.5 Å². The fraction of sp³-hybridized carbons (Fsp3) is 0.547. The van der Waals surface area contributed by atoms with Crippen LogP contribution >= 0.6 is 0 Å². The molecule has 0 aliphatic rings. The number of carboxylic acid groups (broad SMARTS) is 3. The first-order valence-electron chi connectivity index (χ1n) is 26.1. The number of carbonyl (C=O) groups excluding carboxylic acids is 9. The van der Waals surface area contributed by atoms with Crippen LogP contribution in [0.1, 0.15) is 105 Å². The number of rotatable bonds is 35. The number of phenols is 1. The SMILES string of the molecule is CC[C@H](C)[C@H](NC(=O)[C@H](CC(=O)O)NC(=O)[C@@H](NC(=O)[C@H](CC(C)C)NC(=O)[C@@H](N)[C@@H](C)O)C(C)C)C(=O)N[C@@H](Cc1ccccc1)C(=O)N[C@@H](CCC(N)=O)C(=O)N[C@@H](CCC(=O)O)C(=O)N[C@@H](Cc1ccc(O)cc1)C(=O)O. The molecule has 27 nitrogen and oxygen atoms in total. The second-order valence-electron chi connectivity index (χ2n) is 20.3. The van der Waals surface area contributed by atoms with Gasteiger partial charge in [0, 0.05) is 25.7 Å². The number of carbonyl (C=O) groups is 12. The Morgan fingerprint density at radius 2 is 0.938 bits per heavy atom. The van der Waals surface area contributed by atoms with Crippen molar-refractivity contribution >= 4 is 71.1 Å². The molecule has 442 valence electrons. The van der Waals surface area contributed by atoms with Crippen molar-refractivity contribution in [2.75, 3.05) is 0 Å². The van der Waals surface area contributed by atoms with E-state index in [2.05, 4.69) is 42.5 Å². The van der Waals surface area contributed by atoms with Crippen molar-refractivity contribution in [2.24, 2.45) is 29.2 Å². The smallest absolute Gasteiger partial charge is 0.326 e. The zero-order valence-electron chi connectivity index (χ0n) is 45.9. The fourth-order valence-corrected chi connectivity index (χ4v) is 7.88. The van der Waals surface area contributed by atoms with E-state index in [-0.39, 0.29) is 37.4 Å². The van der Waals surface area contributed by atoms with E-state index in [1.54, 1.807) is 71.9 Å². The van der Waals surface area contributed by atoms with E-state index in [0.717, 1.165) is 0 Å². The summed E-state index contributed by atoms with van der Waals surface area (Å²) < 4.78 is 0. The minimum Gasteiger partial charge on any atom is -0.508 e. The molecule has 17 N–H and O–H groups in total. The average Bonchev–Trinajstić information content (AvgIpc) is 3.38. The first kappa shape index (κ1) is 67.9. The molecule has 0 fully saturated rings. The Balaban J connectivity index is 2.50. The lowest BCUT2D eigenvalue weighted by atomic mass is 9.96. The first-order valence-corrected chi connectivity index (χ1v) is 26.1. The van der Waals surface area contributed by atoms with Gasteiger partial charge in [0.2, 0.25) is 53.2 Å². The Bertz CT molecular complexity index is 2480. The Labute approximate surface area is 462 Å². The predicted octanol–water partition coefficient (Wildman–Crippen LogP) is -1.80. The predicted molar refractivity (Wildman–Crippen MR) is 286 cm³/mol. The van der Waals surface area contributed by atoms with Crippen LogP contribution in [0.3, 0.4) is 0 Å². The molecule has 0 saturated heterocycles. The molecule has 0 spiro atoms. The van der Waals surface area contributed by atoms with Crippen molar-refractivity contribution < 1.29 is 83.1 Å². The fourth-order valence-electron chi connectivity index (χ4n) is 7.88. The maximum Gasteiger partial charge on any atom is 0.326 e. The molecule has 11 atom stereocenters. The second-order valence-corrected chi connectivity index (χ2v) is 20.3. The van der Waals surface area contributed by atoms with E-state index in [0.29, 0.717) is 11.1 Å².